The topological polar surface area (TPSA) is 100 Å². The molecule has 0 aliphatic carbocycles. The number of sulfonamides is 1. The summed E-state index contributed by atoms with van der Waals surface area (Å²) >= 11 is 0. The first-order valence-corrected chi connectivity index (χ1v) is 7.40. The van der Waals surface area contributed by atoms with Crippen LogP contribution in [-0.2, 0) is 10.0 Å². The van der Waals surface area contributed by atoms with Crippen LogP contribution in [0.2, 0.25) is 0 Å². The first kappa shape index (κ1) is 15.4. The summed E-state index contributed by atoms with van der Waals surface area (Å²) in [6, 6.07) is 3.41. The van der Waals surface area contributed by atoms with Crippen molar-refractivity contribution in [3.63, 3.8) is 0 Å². The number of aromatic nitrogens is 1. The zero-order valence-corrected chi connectivity index (χ0v) is 11.9. The third-order valence-corrected chi connectivity index (χ3v) is 4.38. The molecule has 0 aliphatic rings. The van der Waals surface area contributed by atoms with Crippen molar-refractivity contribution in [3.8, 4) is 6.07 Å². The van der Waals surface area contributed by atoms with Gasteiger partial charge in [-0.25, -0.2) is 8.42 Å². The molecule has 0 saturated carbocycles. The van der Waals surface area contributed by atoms with E-state index in [4.69, 9.17) is 11.0 Å². The van der Waals surface area contributed by atoms with Crippen molar-refractivity contribution in [1.29, 1.82) is 5.26 Å². The SMILES string of the molecule is CC(C)CN(CCC#N)S(=O)(=O)c1cnccc1N. The monoisotopic (exact) mass is 282 g/mol. The van der Waals surface area contributed by atoms with E-state index in [9.17, 15) is 8.42 Å². The molecule has 0 aliphatic heterocycles. The Kier molecular flexibility index (Phi) is 5.27. The fourth-order valence-electron chi connectivity index (χ4n) is 1.64. The fourth-order valence-corrected chi connectivity index (χ4v) is 3.30. The zero-order valence-electron chi connectivity index (χ0n) is 11.1. The van der Waals surface area contributed by atoms with Crippen LogP contribution in [0.15, 0.2) is 23.4 Å². The van der Waals surface area contributed by atoms with Crippen LogP contribution in [0.1, 0.15) is 20.3 Å². The average molecular weight is 282 g/mol. The molecule has 1 aromatic heterocycles. The Morgan fingerprint density at radius 1 is 1.53 bits per heavy atom. The summed E-state index contributed by atoms with van der Waals surface area (Å²) in [5.41, 5.74) is 5.86. The highest BCUT2D eigenvalue weighted by atomic mass is 32.2. The van der Waals surface area contributed by atoms with Crippen molar-refractivity contribution >= 4 is 15.7 Å². The number of nitrogen functional groups attached to an aromatic ring is 1. The molecule has 7 heteroatoms. The van der Waals surface area contributed by atoms with Crippen molar-refractivity contribution in [1.82, 2.24) is 9.29 Å². The second kappa shape index (κ2) is 6.50. The van der Waals surface area contributed by atoms with Gasteiger partial charge in [-0.15, -0.1) is 0 Å². The fraction of sp³-hybridized carbons (Fsp3) is 0.500. The first-order valence-electron chi connectivity index (χ1n) is 5.96. The van der Waals surface area contributed by atoms with E-state index < -0.39 is 10.0 Å². The molecular weight excluding hydrogens is 264 g/mol. The third-order valence-electron chi connectivity index (χ3n) is 2.48. The number of pyridine rings is 1. The van der Waals surface area contributed by atoms with Gasteiger partial charge in [0, 0.05) is 31.9 Å². The van der Waals surface area contributed by atoms with E-state index in [0.717, 1.165) is 0 Å². The van der Waals surface area contributed by atoms with Crippen LogP contribution < -0.4 is 5.73 Å². The van der Waals surface area contributed by atoms with Crippen molar-refractivity contribution in [2.45, 2.75) is 25.2 Å². The summed E-state index contributed by atoms with van der Waals surface area (Å²) in [4.78, 5) is 3.80. The zero-order chi connectivity index (χ0) is 14.5. The molecule has 0 fully saturated rings. The van der Waals surface area contributed by atoms with Crippen LogP contribution in [0.4, 0.5) is 5.69 Å². The molecule has 0 atom stereocenters. The Hall–Kier alpha value is -1.65. The molecule has 0 unspecified atom stereocenters. The highest BCUT2D eigenvalue weighted by Gasteiger charge is 2.26. The molecule has 0 aromatic carbocycles. The normalized spacial score (nSPS) is 11.7. The van der Waals surface area contributed by atoms with E-state index in [2.05, 4.69) is 4.98 Å². The van der Waals surface area contributed by atoms with E-state index >= 15 is 0 Å². The molecule has 0 radical (unpaired) electrons. The standard InChI is InChI=1S/C12H18N4O2S/c1-10(2)9-16(7-3-5-13)19(17,18)12-8-15-6-4-11(12)14/h4,6,8,10H,3,7,9H2,1-2H3,(H2,14,15). The highest BCUT2D eigenvalue weighted by Crippen LogP contribution is 2.21. The summed E-state index contributed by atoms with van der Waals surface area (Å²) < 4.78 is 26.3. The van der Waals surface area contributed by atoms with Gasteiger partial charge in [-0.05, 0) is 12.0 Å². The molecule has 1 rings (SSSR count). The minimum Gasteiger partial charge on any atom is -0.398 e. The lowest BCUT2D eigenvalue weighted by atomic mass is 10.2. The van der Waals surface area contributed by atoms with E-state index in [0.29, 0.717) is 6.54 Å². The van der Waals surface area contributed by atoms with Crippen LogP contribution in [0.25, 0.3) is 0 Å². The maximum absolute atomic E-state index is 12.5. The number of rotatable bonds is 6. The summed E-state index contributed by atoms with van der Waals surface area (Å²) in [7, 11) is -3.70. The van der Waals surface area contributed by atoms with Crippen molar-refractivity contribution in [3.05, 3.63) is 18.5 Å². The number of hydrogen-bond acceptors (Lipinski definition) is 5. The van der Waals surface area contributed by atoms with Crippen LogP contribution >= 0.6 is 0 Å². The third kappa shape index (κ3) is 3.91. The Balaban J connectivity index is 3.12. The molecular formula is C12H18N4O2S. The van der Waals surface area contributed by atoms with Gasteiger partial charge in [0.2, 0.25) is 10.0 Å². The van der Waals surface area contributed by atoms with Gasteiger partial charge in [0.1, 0.15) is 4.90 Å². The summed E-state index contributed by atoms with van der Waals surface area (Å²) in [6.45, 7) is 4.34. The van der Waals surface area contributed by atoms with Gasteiger partial charge >= 0.3 is 0 Å². The predicted octanol–water partition coefficient (Wildman–Crippen LogP) is 1.22. The molecule has 0 spiro atoms. The van der Waals surface area contributed by atoms with Gasteiger partial charge in [0.25, 0.3) is 0 Å². The lowest BCUT2D eigenvalue weighted by Crippen LogP contribution is -2.35. The maximum Gasteiger partial charge on any atom is 0.246 e. The van der Waals surface area contributed by atoms with Gasteiger partial charge < -0.3 is 5.73 Å². The van der Waals surface area contributed by atoms with Crippen LogP contribution in [0.3, 0.4) is 0 Å². The Bertz CT molecular complexity index is 563. The lowest BCUT2D eigenvalue weighted by Gasteiger charge is -2.23. The first-order chi connectivity index (χ1) is 8.89. The van der Waals surface area contributed by atoms with Crippen LogP contribution in [-0.4, -0.2) is 30.8 Å². The predicted molar refractivity (Wildman–Crippen MR) is 72.5 cm³/mol. The van der Waals surface area contributed by atoms with Crippen LogP contribution in [0, 0.1) is 17.2 Å². The number of anilines is 1. The van der Waals surface area contributed by atoms with Gasteiger partial charge in [-0.1, -0.05) is 13.8 Å². The average Bonchev–Trinajstić information content (AvgIpc) is 2.34. The molecule has 0 amide bonds. The largest absolute Gasteiger partial charge is 0.398 e. The molecule has 104 valence electrons. The minimum atomic E-state index is -3.70. The number of nitrogens with two attached hydrogens (primary N) is 1. The van der Waals surface area contributed by atoms with Crippen molar-refractivity contribution in [2.75, 3.05) is 18.8 Å². The van der Waals surface area contributed by atoms with E-state index in [1.165, 1.54) is 22.8 Å². The Morgan fingerprint density at radius 3 is 2.74 bits per heavy atom. The van der Waals surface area contributed by atoms with E-state index in [1.807, 2.05) is 19.9 Å². The maximum atomic E-state index is 12.5. The Morgan fingerprint density at radius 2 is 2.21 bits per heavy atom. The molecule has 0 saturated heterocycles. The van der Waals surface area contributed by atoms with Gasteiger partial charge in [0.05, 0.1) is 11.8 Å². The second-order valence-electron chi connectivity index (χ2n) is 4.58. The molecule has 0 bridgehead atoms. The summed E-state index contributed by atoms with van der Waals surface area (Å²) in [5.74, 6) is 0.159. The van der Waals surface area contributed by atoms with E-state index in [-0.39, 0.29) is 29.5 Å². The molecule has 6 nitrogen and oxygen atoms in total. The van der Waals surface area contributed by atoms with Crippen molar-refractivity contribution in [2.24, 2.45) is 5.92 Å². The highest BCUT2D eigenvalue weighted by molar-refractivity contribution is 7.89. The summed E-state index contributed by atoms with van der Waals surface area (Å²) in [5, 5.41) is 8.63. The second-order valence-corrected chi connectivity index (χ2v) is 6.48. The van der Waals surface area contributed by atoms with Gasteiger partial charge in [-0.3, -0.25) is 4.98 Å². The molecule has 1 aromatic rings. The smallest absolute Gasteiger partial charge is 0.246 e. The van der Waals surface area contributed by atoms with E-state index in [1.54, 1.807) is 0 Å². The van der Waals surface area contributed by atoms with Gasteiger partial charge in [-0.2, -0.15) is 9.57 Å². The lowest BCUT2D eigenvalue weighted by molar-refractivity contribution is 0.373. The molecule has 2 N–H and O–H groups in total. The van der Waals surface area contributed by atoms with Gasteiger partial charge in [0.15, 0.2) is 0 Å². The minimum absolute atomic E-state index is 0.00594. The molecule has 19 heavy (non-hydrogen) atoms. The number of nitriles is 1. The van der Waals surface area contributed by atoms with Crippen molar-refractivity contribution < 1.29 is 8.42 Å². The number of hydrogen-bond donors (Lipinski definition) is 1. The number of nitrogens with zero attached hydrogens (tertiary/aromatic N) is 3. The quantitative estimate of drug-likeness (QED) is 0.845. The summed E-state index contributed by atoms with van der Waals surface area (Å²) in [6.07, 6.45) is 2.83. The Labute approximate surface area is 113 Å². The molecule has 1 heterocycles. The van der Waals surface area contributed by atoms with Crippen LogP contribution in [0.5, 0.6) is 0 Å².